The maximum Gasteiger partial charge on any atom is 0.145 e. The maximum absolute atomic E-state index is 10.5. The average Bonchev–Trinajstić information content (AvgIpc) is 2.50. The summed E-state index contributed by atoms with van der Waals surface area (Å²) in [6.45, 7) is 0. The molecule has 0 saturated carbocycles. The Morgan fingerprint density at radius 1 is 1.45 bits per heavy atom. The summed E-state index contributed by atoms with van der Waals surface area (Å²) in [7, 11) is 0. The van der Waals surface area contributed by atoms with Crippen LogP contribution in [0, 0.1) is 11.8 Å². The van der Waals surface area contributed by atoms with Gasteiger partial charge in [-0.2, -0.15) is 0 Å². The van der Waals surface area contributed by atoms with Crippen molar-refractivity contribution in [3.8, 4) is 0 Å². The van der Waals surface area contributed by atoms with Crippen LogP contribution in [-0.2, 0) is 4.79 Å². The summed E-state index contributed by atoms with van der Waals surface area (Å²) in [5, 5.41) is 0. The smallest absolute Gasteiger partial charge is 0.145 e. The van der Waals surface area contributed by atoms with Crippen LogP contribution < -0.4 is 0 Å². The molecule has 0 radical (unpaired) electrons. The third-order valence-electron chi connectivity index (χ3n) is 2.73. The number of carbonyl (C=O) groups is 1. The van der Waals surface area contributed by atoms with E-state index in [4.69, 9.17) is 0 Å². The van der Waals surface area contributed by atoms with Crippen LogP contribution in [0.3, 0.4) is 0 Å². The number of hydrogen-bond acceptors (Lipinski definition) is 1. The Morgan fingerprint density at radius 2 is 2.36 bits per heavy atom. The van der Waals surface area contributed by atoms with Crippen molar-refractivity contribution in [1.29, 1.82) is 0 Å². The Kier molecular flexibility index (Phi) is 1.65. The van der Waals surface area contributed by atoms with Gasteiger partial charge in [0, 0.05) is 0 Å². The highest BCUT2D eigenvalue weighted by atomic mass is 16.1. The average molecular weight is 148 g/mol. The number of hydrogen-bond donors (Lipinski definition) is 0. The zero-order valence-corrected chi connectivity index (χ0v) is 6.49. The third kappa shape index (κ3) is 1.15. The molecule has 0 saturated heterocycles. The van der Waals surface area contributed by atoms with Crippen molar-refractivity contribution in [2.24, 2.45) is 11.8 Å². The van der Waals surface area contributed by atoms with Gasteiger partial charge in [0.25, 0.3) is 0 Å². The first-order valence-electron chi connectivity index (χ1n) is 4.21. The normalized spacial score (nSPS) is 34.7. The third-order valence-corrected chi connectivity index (χ3v) is 2.73. The molecule has 0 aromatic carbocycles. The highest BCUT2D eigenvalue weighted by Crippen LogP contribution is 2.36. The maximum atomic E-state index is 10.5. The van der Waals surface area contributed by atoms with E-state index in [9.17, 15) is 4.79 Å². The lowest BCUT2D eigenvalue weighted by Gasteiger charge is -2.22. The topological polar surface area (TPSA) is 17.1 Å². The summed E-state index contributed by atoms with van der Waals surface area (Å²) in [4.78, 5) is 10.5. The fourth-order valence-corrected chi connectivity index (χ4v) is 2.04. The molecule has 11 heavy (non-hydrogen) atoms. The molecule has 0 aliphatic heterocycles. The van der Waals surface area contributed by atoms with E-state index >= 15 is 0 Å². The number of allylic oxidation sites excluding steroid dienone is 4. The predicted octanol–water partition coefficient (Wildman–Crippen LogP) is 2.10. The number of aldehydes is 1. The minimum atomic E-state index is 0.735. The largest absolute Gasteiger partial charge is 0.298 e. The van der Waals surface area contributed by atoms with Crippen molar-refractivity contribution >= 4 is 6.29 Å². The van der Waals surface area contributed by atoms with E-state index < -0.39 is 0 Å². The predicted molar refractivity (Wildman–Crippen MR) is 44.1 cm³/mol. The van der Waals surface area contributed by atoms with Gasteiger partial charge in [0.2, 0.25) is 0 Å². The van der Waals surface area contributed by atoms with Crippen LogP contribution in [-0.4, -0.2) is 6.29 Å². The Balaban J connectivity index is 2.12. The molecule has 2 unspecified atom stereocenters. The monoisotopic (exact) mass is 148 g/mol. The molecule has 2 atom stereocenters. The second-order valence-electron chi connectivity index (χ2n) is 3.42. The number of carbonyl (C=O) groups excluding carboxylic acids is 1. The molecule has 1 nitrogen and oxygen atoms in total. The second kappa shape index (κ2) is 2.65. The van der Waals surface area contributed by atoms with Gasteiger partial charge in [-0.25, -0.2) is 0 Å². The van der Waals surface area contributed by atoms with Gasteiger partial charge in [-0.05, 0) is 36.7 Å². The van der Waals surface area contributed by atoms with Gasteiger partial charge < -0.3 is 0 Å². The van der Waals surface area contributed by atoms with Crippen LogP contribution in [0.5, 0.6) is 0 Å². The van der Waals surface area contributed by atoms with E-state index in [1.165, 1.54) is 6.42 Å². The first-order chi connectivity index (χ1) is 5.40. The Morgan fingerprint density at radius 3 is 3.18 bits per heavy atom. The zero-order chi connectivity index (χ0) is 7.68. The first-order valence-corrected chi connectivity index (χ1v) is 4.21. The lowest BCUT2D eigenvalue weighted by atomic mass is 9.82. The van der Waals surface area contributed by atoms with Gasteiger partial charge in [0.15, 0.2) is 0 Å². The van der Waals surface area contributed by atoms with Crippen LogP contribution in [0.1, 0.15) is 19.3 Å². The molecule has 1 heteroatoms. The minimum absolute atomic E-state index is 0.735. The summed E-state index contributed by atoms with van der Waals surface area (Å²) in [5.74, 6) is 1.47. The molecule has 2 aliphatic rings. The minimum Gasteiger partial charge on any atom is -0.298 e. The van der Waals surface area contributed by atoms with Crippen LogP contribution in [0.15, 0.2) is 23.8 Å². The van der Waals surface area contributed by atoms with E-state index in [0.29, 0.717) is 0 Å². The van der Waals surface area contributed by atoms with E-state index in [1.54, 1.807) is 0 Å². The van der Waals surface area contributed by atoms with E-state index in [2.05, 4.69) is 18.2 Å². The summed E-state index contributed by atoms with van der Waals surface area (Å²) in [6, 6.07) is 0. The molecule has 2 aliphatic carbocycles. The standard InChI is InChI=1S/C10H12O/c11-7-8-4-5-9-2-1-3-10(9)6-8/h1-2,4,7,9-10H,3,5-6H2. The lowest BCUT2D eigenvalue weighted by Crippen LogP contribution is -2.13. The van der Waals surface area contributed by atoms with Crippen molar-refractivity contribution in [3.63, 3.8) is 0 Å². The molecular formula is C10H12O. The van der Waals surface area contributed by atoms with E-state index in [0.717, 1.165) is 36.5 Å². The van der Waals surface area contributed by atoms with Gasteiger partial charge in [-0.3, -0.25) is 4.79 Å². The molecule has 0 spiro atoms. The van der Waals surface area contributed by atoms with Gasteiger partial charge in [0.05, 0.1) is 0 Å². The van der Waals surface area contributed by atoms with Crippen molar-refractivity contribution in [2.45, 2.75) is 19.3 Å². The Hall–Kier alpha value is -0.850. The van der Waals surface area contributed by atoms with Gasteiger partial charge in [-0.15, -0.1) is 0 Å². The molecule has 0 fully saturated rings. The molecule has 2 rings (SSSR count). The molecule has 0 amide bonds. The number of rotatable bonds is 1. The second-order valence-corrected chi connectivity index (χ2v) is 3.42. The highest BCUT2D eigenvalue weighted by Gasteiger charge is 2.25. The Bertz CT molecular complexity index is 225. The molecule has 0 aromatic heterocycles. The molecular weight excluding hydrogens is 136 g/mol. The fourth-order valence-electron chi connectivity index (χ4n) is 2.04. The summed E-state index contributed by atoms with van der Waals surface area (Å²) >= 11 is 0. The molecule has 0 bridgehead atoms. The van der Waals surface area contributed by atoms with Gasteiger partial charge >= 0.3 is 0 Å². The quantitative estimate of drug-likeness (QED) is 0.411. The first kappa shape index (κ1) is 6.84. The van der Waals surface area contributed by atoms with Gasteiger partial charge in [0.1, 0.15) is 6.29 Å². The van der Waals surface area contributed by atoms with E-state index in [-0.39, 0.29) is 0 Å². The summed E-state index contributed by atoms with van der Waals surface area (Å²) in [6.07, 6.45) is 10.9. The van der Waals surface area contributed by atoms with Gasteiger partial charge in [-0.1, -0.05) is 18.2 Å². The van der Waals surface area contributed by atoms with Crippen LogP contribution >= 0.6 is 0 Å². The fraction of sp³-hybridized carbons (Fsp3) is 0.500. The van der Waals surface area contributed by atoms with Crippen molar-refractivity contribution < 1.29 is 4.79 Å². The van der Waals surface area contributed by atoms with Crippen molar-refractivity contribution in [2.75, 3.05) is 0 Å². The van der Waals surface area contributed by atoms with Crippen molar-refractivity contribution in [1.82, 2.24) is 0 Å². The van der Waals surface area contributed by atoms with Crippen molar-refractivity contribution in [3.05, 3.63) is 23.8 Å². The van der Waals surface area contributed by atoms with Crippen LogP contribution in [0.2, 0.25) is 0 Å². The van der Waals surface area contributed by atoms with Crippen LogP contribution in [0.4, 0.5) is 0 Å². The Labute approximate surface area is 66.8 Å². The SMILES string of the molecule is O=CC1=CCC2C=CCC2C1. The highest BCUT2D eigenvalue weighted by molar-refractivity contribution is 5.73. The van der Waals surface area contributed by atoms with Crippen LogP contribution in [0.25, 0.3) is 0 Å². The zero-order valence-electron chi connectivity index (χ0n) is 6.49. The molecule has 0 heterocycles. The molecule has 0 N–H and O–H groups in total. The summed E-state index contributed by atoms with van der Waals surface area (Å²) < 4.78 is 0. The molecule has 0 aromatic rings. The number of fused-ring (bicyclic) bond motifs is 1. The molecule has 58 valence electrons. The lowest BCUT2D eigenvalue weighted by molar-refractivity contribution is -0.105. The van der Waals surface area contributed by atoms with E-state index in [1.807, 2.05) is 0 Å². The summed E-state index contributed by atoms with van der Waals surface area (Å²) in [5.41, 5.74) is 1.01.